The predicted octanol–water partition coefficient (Wildman–Crippen LogP) is 11.8. The summed E-state index contributed by atoms with van der Waals surface area (Å²) in [4.78, 5) is 39.2. The van der Waals surface area contributed by atoms with E-state index < -0.39 is 17.4 Å². The van der Waals surface area contributed by atoms with Gasteiger partial charge in [-0.1, -0.05) is 85.6 Å². The molecule has 8 rings (SSSR count). The number of alkyl halides is 3. The second-order valence-electron chi connectivity index (χ2n) is 17.1. The number of carbonyl (C=O) groups excluding carboxylic acids is 1. The van der Waals surface area contributed by atoms with Crippen LogP contribution in [0.1, 0.15) is 82.1 Å². The van der Waals surface area contributed by atoms with Crippen LogP contribution >= 0.6 is 35.6 Å². The molecule has 0 radical (unpaired) electrons. The van der Waals surface area contributed by atoms with Crippen LogP contribution in [0.4, 0.5) is 13.2 Å². The van der Waals surface area contributed by atoms with Crippen molar-refractivity contribution in [2.75, 3.05) is 14.2 Å². The first-order chi connectivity index (χ1) is 29.9. The molecule has 2 N–H and O–H groups in total. The molecule has 2 aliphatic rings. The predicted molar refractivity (Wildman–Crippen MR) is 246 cm³/mol. The number of ketones is 1. The van der Waals surface area contributed by atoms with E-state index >= 15 is 0 Å². The zero-order chi connectivity index (χ0) is 45.3. The topological polar surface area (TPSA) is 139 Å². The van der Waals surface area contributed by atoms with Crippen LogP contribution in [0, 0.1) is 5.41 Å². The van der Waals surface area contributed by atoms with Crippen LogP contribution in [0.2, 0.25) is 10.0 Å². The Morgan fingerprint density at radius 3 is 1.48 bits per heavy atom. The molecule has 0 unspecified atom stereocenters. The van der Waals surface area contributed by atoms with Crippen molar-refractivity contribution in [3.63, 3.8) is 0 Å². The molecule has 16 heteroatoms. The number of ether oxygens (including phenoxy) is 2. The van der Waals surface area contributed by atoms with Gasteiger partial charge in [-0.15, -0.1) is 12.4 Å². The Morgan fingerprint density at radius 1 is 0.656 bits per heavy atom. The van der Waals surface area contributed by atoms with Crippen molar-refractivity contribution in [2.24, 2.45) is 11.1 Å². The Labute approximate surface area is 387 Å². The largest absolute Gasteiger partial charge is 0.467 e. The van der Waals surface area contributed by atoms with Gasteiger partial charge in [0.2, 0.25) is 0 Å². The van der Waals surface area contributed by atoms with Gasteiger partial charge in [0.15, 0.2) is 23.3 Å². The van der Waals surface area contributed by atoms with Crippen molar-refractivity contribution in [2.45, 2.75) is 89.8 Å². The second kappa shape index (κ2) is 19.1. The van der Waals surface area contributed by atoms with Crippen molar-refractivity contribution in [1.29, 1.82) is 0 Å². The number of hydrogen-bond donors (Lipinski definition) is 1. The van der Waals surface area contributed by atoms with Crippen molar-refractivity contribution in [3.05, 3.63) is 117 Å². The average molecular weight is 935 g/mol. The lowest BCUT2D eigenvalue weighted by Crippen LogP contribution is -2.39. The van der Waals surface area contributed by atoms with Gasteiger partial charge in [0.05, 0.1) is 24.3 Å². The number of benzene rings is 4. The van der Waals surface area contributed by atoms with Crippen molar-refractivity contribution in [1.82, 2.24) is 29.9 Å². The maximum absolute atomic E-state index is 13.2. The van der Waals surface area contributed by atoms with Gasteiger partial charge in [-0.3, -0.25) is 4.79 Å². The summed E-state index contributed by atoms with van der Waals surface area (Å²) in [5, 5.41) is 0.921. The third kappa shape index (κ3) is 10.7. The molecule has 2 aliphatic carbocycles. The summed E-state index contributed by atoms with van der Waals surface area (Å²) in [6, 6.07) is 27.4. The molecule has 10 nitrogen and oxygen atoms in total. The normalized spacial score (nSPS) is 14.7. The molecular formula is C48H49Cl3F3N7O3. The SMILES string of the molecule is COc1nc(-c2cccc(C3(C)CC3)c2)nc(-c2cc(CCC(=O)C(C)(C)C(F)(F)F)ccc2Cl)n1.COc1nc(-c2cccc(C3(C)CC3)c2)nc(-c2cc(CN)ccc2Cl)n1.Cl. The van der Waals surface area contributed by atoms with Gasteiger partial charge in [-0.25, -0.2) is 9.97 Å². The molecule has 0 bridgehead atoms. The Kier molecular flexibility index (Phi) is 14.4. The van der Waals surface area contributed by atoms with E-state index in [0.29, 0.717) is 50.8 Å². The lowest BCUT2D eigenvalue weighted by atomic mass is 9.84. The highest BCUT2D eigenvalue weighted by Crippen LogP contribution is 2.49. The van der Waals surface area contributed by atoms with Gasteiger partial charge in [0.25, 0.3) is 0 Å². The highest BCUT2D eigenvalue weighted by molar-refractivity contribution is 6.33. The summed E-state index contributed by atoms with van der Waals surface area (Å²) < 4.78 is 50.3. The highest BCUT2D eigenvalue weighted by Gasteiger charge is 2.52. The Morgan fingerprint density at radius 2 is 1.08 bits per heavy atom. The number of nitrogens with zero attached hydrogens (tertiary/aromatic N) is 6. The standard InChI is InChI=1S/C27H27ClF3N3O2.C21H21ClN4O.ClH/c1-25(2,27(29,30)31)21(35)11-9-16-8-10-20(28)19(14-16)23-32-22(33-24(34-23)36-4)17-6-5-7-18(15-17)26(3)12-13-26;1-21(8-9-21)15-5-3-4-14(11-15)18-24-19(26-20(25-18)27-2)16-10-13(12-23)6-7-17(16)22;/h5-8,10,14-15H,9,11-13H2,1-4H3;3-7,10-11H,8-9,12,23H2,1-2H3;1H. The first-order valence-corrected chi connectivity index (χ1v) is 21.3. The number of aromatic nitrogens is 6. The van der Waals surface area contributed by atoms with Gasteiger partial charge >= 0.3 is 18.2 Å². The van der Waals surface area contributed by atoms with E-state index in [1.165, 1.54) is 31.1 Å². The maximum atomic E-state index is 13.2. The van der Waals surface area contributed by atoms with Crippen LogP contribution in [0.25, 0.3) is 45.6 Å². The molecule has 0 spiro atoms. The third-order valence-corrected chi connectivity index (χ3v) is 12.7. The summed E-state index contributed by atoms with van der Waals surface area (Å²) in [5.74, 6) is 0.859. The van der Waals surface area contributed by atoms with E-state index in [4.69, 9.17) is 38.4 Å². The molecule has 0 atom stereocenters. The van der Waals surface area contributed by atoms with Crippen LogP contribution < -0.4 is 15.2 Å². The van der Waals surface area contributed by atoms with E-state index in [2.05, 4.69) is 68.0 Å². The average Bonchev–Trinajstić information content (AvgIpc) is 4.23. The molecule has 6 aromatic rings. The summed E-state index contributed by atoms with van der Waals surface area (Å²) >= 11 is 12.8. The molecule has 2 aromatic heterocycles. The number of halogens is 6. The minimum absolute atomic E-state index is 0. The lowest BCUT2D eigenvalue weighted by molar-refractivity contribution is -0.210. The van der Waals surface area contributed by atoms with Crippen LogP contribution in [0.5, 0.6) is 12.0 Å². The molecule has 2 heterocycles. The molecule has 2 saturated carbocycles. The maximum Gasteiger partial charge on any atom is 0.400 e. The van der Waals surface area contributed by atoms with E-state index in [0.717, 1.165) is 43.4 Å². The molecule has 64 heavy (non-hydrogen) atoms. The van der Waals surface area contributed by atoms with Gasteiger partial charge in [0.1, 0.15) is 11.2 Å². The second-order valence-corrected chi connectivity index (χ2v) is 17.9. The molecule has 0 aliphatic heterocycles. The van der Waals surface area contributed by atoms with E-state index in [9.17, 15) is 18.0 Å². The molecule has 336 valence electrons. The zero-order valence-electron chi connectivity index (χ0n) is 36.3. The first kappa shape index (κ1) is 48.3. The van der Waals surface area contributed by atoms with Crippen molar-refractivity contribution < 1.29 is 27.4 Å². The fourth-order valence-electron chi connectivity index (χ4n) is 6.91. The van der Waals surface area contributed by atoms with E-state index in [-0.39, 0.29) is 53.9 Å². The zero-order valence-corrected chi connectivity index (χ0v) is 38.6. The van der Waals surface area contributed by atoms with Gasteiger partial charge in [-0.05, 0) is 115 Å². The number of hydrogen-bond acceptors (Lipinski definition) is 10. The smallest absolute Gasteiger partial charge is 0.400 e. The Bertz CT molecular complexity index is 2670. The van der Waals surface area contributed by atoms with E-state index in [1.807, 2.05) is 42.5 Å². The van der Waals surface area contributed by atoms with Crippen LogP contribution in [0.3, 0.4) is 0 Å². The quantitative estimate of drug-likeness (QED) is 0.119. The van der Waals surface area contributed by atoms with Gasteiger partial charge < -0.3 is 15.2 Å². The molecule has 2 fully saturated rings. The molecule has 0 saturated heterocycles. The van der Waals surface area contributed by atoms with Crippen molar-refractivity contribution >= 4 is 41.4 Å². The number of carbonyl (C=O) groups is 1. The van der Waals surface area contributed by atoms with Gasteiger partial charge in [-0.2, -0.15) is 33.1 Å². The number of methoxy groups -OCH3 is 2. The fourth-order valence-corrected chi connectivity index (χ4v) is 7.32. The summed E-state index contributed by atoms with van der Waals surface area (Å²) in [6.07, 6.45) is -0.0571. The van der Waals surface area contributed by atoms with E-state index in [1.54, 1.807) is 25.3 Å². The van der Waals surface area contributed by atoms with Crippen LogP contribution in [-0.4, -0.2) is 56.1 Å². The number of Topliss-reactive ketones (excluding diaryl/α,β-unsaturated/α-hetero) is 1. The lowest BCUT2D eigenvalue weighted by Gasteiger charge is -2.26. The summed E-state index contributed by atoms with van der Waals surface area (Å²) in [5.41, 5.74) is 10.9. The number of aryl methyl sites for hydroxylation is 1. The number of rotatable bonds is 13. The van der Waals surface area contributed by atoms with Crippen LogP contribution in [0.15, 0.2) is 84.9 Å². The minimum atomic E-state index is -4.61. The number of nitrogens with two attached hydrogens (primary N) is 1. The Balaban J connectivity index is 0.000000217. The third-order valence-electron chi connectivity index (χ3n) is 12.1. The first-order valence-electron chi connectivity index (χ1n) is 20.6. The molecule has 0 amide bonds. The summed E-state index contributed by atoms with van der Waals surface area (Å²) in [6.45, 7) is 6.72. The monoisotopic (exact) mass is 933 g/mol. The highest BCUT2D eigenvalue weighted by atomic mass is 35.5. The summed E-state index contributed by atoms with van der Waals surface area (Å²) in [7, 11) is 3.00. The minimum Gasteiger partial charge on any atom is -0.467 e. The molecular weight excluding hydrogens is 886 g/mol. The fraction of sp³-hybridized carbons (Fsp3) is 0.354. The Hall–Kier alpha value is -5.21. The van der Waals surface area contributed by atoms with Crippen LogP contribution in [-0.2, 0) is 28.6 Å². The van der Waals surface area contributed by atoms with Gasteiger partial charge in [0, 0.05) is 35.2 Å². The van der Waals surface area contributed by atoms with Crippen molar-refractivity contribution in [3.8, 4) is 57.6 Å². The molecule has 4 aromatic carbocycles.